The Balaban J connectivity index is 1.98. The Kier molecular flexibility index (Phi) is 5.69. The molecule has 1 fully saturated rings. The Morgan fingerprint density at radius 2 is 2.07 bits per heavy atom. The van der Waals surface area contributed by atoms with Gasteiger partial charge in [-0.3, -0.25) is 4.79 Å². The van der Waals surface area contributed by atoms with Crippen molar-refractivity contribution in [3.05, 3.63) is 0 Å². The molecule has 0 aromatic rings. The highest BCUT2D eigenvalue weighted by Crippen LogP contribution is 2.26. The van der Waals surface area contributed by atoms with Crippen molar-refractivity contribution in [2.24, 2.45) is 5.92 Å². The summed E-state index contributed by atoms with van der Waals surface area (Å²) in [6, 6.07) is -0.406. The van der Waals surface area contributed by atoms with Gasteiger partial charge in [0.15, 0.2) is 0 Å². The minimum Gasteiger partial charge on any atom is -0.480 e. The summed E-state index contributed by atoms with van der Waals surface area (Å²) in [5.74, 6) is 0.147. The predicted molar refractivity (Wildman–Crippen MR) is 60.9 cm³/mol. The lowest BCUT2D eigenvalue weighted by molar-refractivity contribution is -0.138. The molecule has 0 radical (unpaired) electrons. The zero-order valence-corrected chi connectivity index (χ0v) is 9.67. The molecule has 1 saturated carbocycles. The third-order valence-corrected chi connectivity index (χ3v) is 3.33. The largest absolute Gasteiger partial charge is 0.480 e. The van der Waals surface area contributed by atoms with E-state index in [1.807, 2.05) is 0 Å². The smallest absolute Gasteiger partial charge is 0.320 e. The third kappa shape index (κ3) is 5.17. The van der Waals surface area contributed by atoms with Crippen molar-refractivity contribution in [3.8, 4) is 0 Å². The van der Waals surface area contributed by atoms with E-state index in [0.717, 1.165) is 18.9 Å². The zero-order chi connectivity index (χ0) is 11.1. The highest BCUT2D eigenvalue weighted by molar-refractivity contribution is 5.72. The van der Waals surface area contributed by atoms with E-state index in [4.69, 9.17) is 5.11 Å². The Labute approximate surface area is 92.3 Å². The first-order valence-electron chi connectivity index (χ1n) is 6.16. The summed E-state index contributed by atoms with van der Waals surface area (Å²) < 4.78 is 0. The lowest BCUT2D eigenvalue weighted by Crippen LogP contribution is -2.34. The summed E-state index contributed by atoms with van der Waals surface area (Å²) in [4.78, 5) is 10.5. The maximum atomic E-state index is 10.5. The lowest BCUT2D eigenvalue weighted by atomic mass is 9.86. The summed E-state index contributed by atoms with van der Waals surface area (Å²) >= 11 is 0. The molecule has 88 valence electrons. The van der Waals surface area contributed by atoms with Crippen molar-refractivity contribution < 1.29 is 9.90 Å². The molecule has 0 amide bonds. The second kappa shape index (κ2) is 6.83. The minimum atomic E-state index is -0.757. The quantitative estimate of drug-likeness (QED) is 0.666. The van der Waals surface area contributed by atoms with Gasteiger partial charge in [0.25, 0.3) is 0 Å². The van der Waals surface area contributed by atoms with Gasteiger partial charge in [0, 0.05) is 0 Å². The summed E-state index contributed by atoms with van der Waals surface area (Å²) in [5.41, 5.74) is 0. The Morgan fingerprint density at radius 1 is 1.40 bits per heavy atom. The van der Waals surface area contributed by atoms with E-state index in [2.05, 4.69) is 5.32 Å². The fourth-order valence-corrected chi connectivity index (χ4v) is 2.27. The van der Waals surface area contributed by atoms with Gasteiger partial charge in [-0.05, 0) is 32.2 Å². The fourth-order valence-electron chi connectivity index (χ4n) is 2.27. The van der Waals surface area contributed by atoms with Crippen molar-refractivity contribution in [2.75, 3.05) is 6.54 Å². The van der Waals surface area contributed by atoms with Crippen LogP contribution < -0.4 is 5.32 Å². The molecule has 0 aliphatic heterocycles. The van der Waals surface area contributed by atoms with Crippen LogP contribution in [0.15, 0.2) is 0 Å². The first kappa shape index (κ1) is 12.5. The molecule has 1 rings (SSSR count). The second-order valence-corrected chi connectivity index (χ2v) is 4.66. The van der Waals surface area contributed by atoms with E-state index < -0.39 is 12.0 Å². The molecule has 2 N–H and O–H groups in total. The highest BCUT2D eigenvalue weighted by Gasteiger charge is 2.13. The number of carboxylic acids is 1. The first-order valence-corrected chi connectivity index (χ1v) is 6.16. The molecule has 1 aliphatic carbocycles. The van der Waals surface area contributed by atoms with Crippen LogP contribution in [-0.4, -0.2) is 23.7 Å². The number of nitrogens with one attached hydrogen (secondary N) is 1. The summed E-state index contributed by atoms with van der Waals surface area (Å²) in [6.45, 7) is 2.53. The molecular weight excluding hydrogens is 190 g/mol. The molecular formula is C12H23NO2. The molecule has 1 atom stereocenters. The Hall–Kier alpha value is -0.570. The summed E-state index contributed by atoms with van der Waals surface area (Å²) in [6.07, 6.45) is 9.34. The van der Waals surface area contributed by atoms with Gasteiger partial charge in [-0.1, -0.05) is 32.1 Å². The van der Waals surface area contributed by atoms with Crippen LogP contribution in [0, 0.1) is 5.92 Å². The highest BCUT2D eigenvalue weighted by atomic mass is 16.4. The molecule has 0 aromatic heterocycles. The van der Waals surface area contributed by atoms with Crippen LogP contribution in [0.4, 0.5) is 0 Å². The van der Waals surface area contributed by atoms with E-state index in [-0.39, 0.29) is 0 Å². The molecule has 0 bridgehead atoms. The van der Waals surface area contributed by atoms with Gasteiger partial charge in [0.2, 0.25) is 0 Å². The number of rotatable bonds is 6. The van der Waals surface area contributed by atoms with Crippen LogP contribution in [-0.2, 0) is 4.79 Å². The van der Waals surface area contributed by atoms with Crippen molar-refractivity contribution >= 4 is 5.97 Å². The molecule has 1 unspecified atom stereocenters. The van der Waals surface area contributed by atoms with E-state index >= 15 is 0 Å². The first-order chi connectivity index (χ1) is 7.20. The van der Waals surface area contributed by atoms with E-state index in [1.165, 1.54) is 38.5 Å². The summed E-state index contributed by atoms with van der Waals surface area (Å²) in [7, 11) is 0. The van der Waals surface area contributed by atoms with E-state index in [1.54, 1.807) is 6.92 Å². The second-order valence-electron chi connectivity index (χ2n) is 4.66. The minimum absolute atomic E-state index is 0.406. The van der Waals surface area contributed by atoms with Crippen molar-refractivity contribution in [2.45, 2.75) is 57.9 Å². The van der Waals surface area contributed by atoms with Crippen LogP contribution in [0.1, 0.15) is 51.9 Å². The van der Waals surface area contributed by atoms with Crippen LogP contribution in [0.2, 0.25) is 0 Å². The Morgan fingerprint density at radius 3 is 2.67 bits per heavy atom. The molecule has 0 heterocycles. The zero-order valence-electron chi connectivity index (χ0n) is 9.67. The molecule has 0 spiro atoms. The molecule has 0 saturated heterocycles. The van der Waals surface area contributed by atoms with Gasteiger partial charge in [0.05, 0.1) is 0 Å². The lowest BCUT2D eigenvalue weighted by Gasteiger charge is -2.21. The van der Waals surface area contributed by atoms with Gasteiger partial charge >= 0.3 is 5.97 Å². The fraction of sp³-hybridized carbons (Fsp3) is 0.917. The molecule has 3 heteroatoms. The molecule has 3 nitrogen and oxygen atoms in total. The molecule has 1 aliphatic rings. The van der Waals surface area contributed by atoms with Crippen LogP contribution in [0.3, 0.4) is 0 Å². The average molecular weight is 213 g/mol. The van der Waals surface area contributed by atoms with Gasteiger partial charge < -0.3 is 10.4 Å². The SMILES string of the molecule is CC(NCCCC1CCCCC1)C(=O)O. The maximum absolute atomic E-state index is 10.5. The van der Waals surface area contributed by atoms with Crippen molar-refractivity contribution in [1.82, 2.24) is 5.32 Å². The topological polar surface area (TPSA) is 49.3 Å². The standard InChI is InChI=1S/C12H23NO2/c1-10(12(14)15)13-9-5-8-11-6-3-2-4-7-11/h10-11,13H,2-9H2,1H3,(H,14,15). The number of carboxylic acid groups (broad SMARTS) is 1. The van der Waals surface area contributed by atoms with Crippen molar-refractivity contribution in [3.63, 3.8) is 0 Å². The van der Waals surface area contributed by atoms with Crippen molar-refractivity contribution in [1.29, 1.82) is 0 Å². The average Bonchev–Trinajstić information content (AvgIpc) is 2.25. The predicted octanol–water partition coefficient (Wildman–Crippen LogP) is 2.41. The number of hydrogen-bond acceptors (Lipinski definition) is 2. The van der Waals surface area contributed by atoms with Gasteiger partial charge in [0.1, 0.15) is 6.04 Å². The van der Waals surface area contributed by atoms with Gasteiger partial charge in [-0.2, -0.15) is 0 Å². The van der Waals surface area contributed by atoms with Crippen LogP contribution >= 0.6 is 0 Å². The number of carbonyl (C=O) groups is 1. The molecule has 0 aromatic carbocycles. The third-order valence-electron chi connectivity index (χ3n) is 3.33. The summed E-state index contributed by atoms with van der Waals surface area (Å²) in [5, 5.41) is 11.7. The monoisotopic (exact) mass is 213 g/mol. The van der Waals surface area contributed by atoms with Crippen LogP contribution in [0.25, 0.3) is 0 Å². The van der Waals surface area contributed by atoms with E-state index in [9.17, 15) is 4.79 Å². The van der Waals surface area contributed by atoms with Gasteiger partial charge in [-0.25, -0.2) is 0 Å². The normalized spacial score (nSPS) is 20.1. The Bertz CT molecular complexity index is 188. The van der Waals surface area contributed by atoms with Gasteiger partial charge in [-0.15, -0.1) is 0 Å². The maximum Gasteiger partial charge on any atom is 0.320 e. The van der Waals surface area contributed by atoms with Crippen LogP contribution in [0.5, 0.6) is 0 Å². The number of aliphatic carboxylic acids is 1. The number of hydrogen-bond donors (Lipinski definition) is 2. The molecule has 15 heavy (non-hydrogen) atoms. The van der Waals surface area contributed by atoms with E-state index in [0.29, 0.717) is 0 Å².